The molecule has 19 heavy (non-hydrogen) atoms. The van der Waals surface area contributed by atoms with Gasteiger partial charge >= 0.3 is 6.18 Å². The van der Waals surface area contributed by atoms with Crippen LogP contribution in [0.25, 0.3) is 0 Å². The molecule has 0 spiro atoms. The van der Waals surface area contributed by atoms with Gasteiger partial charge in [-0.2, -0.15) is 13.2 Å². The third-order valence-corrected chi connectivity index (χ3v) is 3.12. The van der Waals surface area contributed by atoms with E-state index in [1.165, 1.54) is 12.1 Å². The number of halogens is 3. The minimum absolute atomic E-state index is 0.150. The highest BCUT2D eigenvalue weighted by Gasteiger charge is 2.31. The Morgan fingerprint density at radius 3 is 2.74 bits per heavy atom. The van der Waals surface area contributed by atoms with Crippen LogP contribution in [-0.4, -0.2) is 32.4 Å². The van der Waals surface area contributed by atoms with Crippen LogP contribution in [0, 0.1) is 0 Å². The molecule has 1 fully saturated rings. The number of piperidine rings is 1. The molecule has 0 unspecified atom stereocenters. The van der Waals surface area contributed by atoms with Gasteiger partial charge in [-0.05, 0) is 31.2 Å². The molecule has 0 saturated carbocycles. The van der Waals surface area contributed by atoms with Crippen LogP contribution in [0.5, 0.6) is 5.75 Å². The normalized spacial score (nSPS) is 24.2. The molecule has 0 bridgehead atoms. The lowest BCUT2D eigenvalue weighted by Crippen LogP contribution is -2.47. The minimum atomic E-state index is -4.35. The molecule has 0 amide bonds. The summed E-state index contributed by atoms with van der Waals surface area (Å²) in [5, 5.41) is 3.15. The van der Waals surface area contributed by atoms with Crippen molar-refractivity contribution in [2.24, 2.45) is 0 Å². The highest BCUT2D eigenvalue weighted by atomic mass is 19.4. The Balaban J connectivity index is 2.10. The van der Waals surface area contributed by atoms with Gasteiger partial charge in [-0.1, -0.05) is 6.07 Å². The number of benzene rings is 1. The van der Waals surface area contributed by atoms with Crippen LogP contribution in [0.15, 0.2) is 24.3 Å². The van der Waals surface area contributed by atoms with Crippen LogP contribution in [0.3, 0.4) is 0 Å². The fourth-order valence-corrected chi connectivity index (χ4v) is 2.10. The summed E-state index contributed by atoms with van der Waals surface area (Å²) in [7, 11) is 1.57. The van der Waals surface area contributed by atoms with Gasteiger partial charge in [0.25, 0.3) is 0 Å². The summed E-state index contributed by atoms with van der Waals surface area (Å²) in [5.41, 5.74) is -0.701. The second-order valence-electron chi connectivity index (χ2n) is 4.45. The second-order valence-corrected chi connectivity index (χ2v) is 4.45. The van der Waals surface area contributed by atoms with Crippen molar-refractivity contribution in [3.05, 3.63) is 29.8 Å². The van der Waals surface area contributed by atoms with E-state index in [4.69, 9.17) is 9.47 Å². The molecule has 0 aromatic heterocycles. The van der Waals surface area contributed by atoms with Crippen LogP contribution in [0.1, 0.15) is 12.0 Å². The van der Waals surface area contributed by atoms with Gasteiger partial charge in [0.15, 0.2) is 0 Å². The smallest absolute Gasteiger partial charge is 0.416 e. The SMILES string of the molecule is CO[C@@H]1CNCC[C@H]1Oc1cccc(C(F)(F)F)c1. The van der Waals surface area contributed by atoms with Crippen molar-refractivity contribution in [2.45, 2.75) is 24.8 Å². The predicted molar refractivity (Wildman–Crippen MR) is 64.1 cm³/mol. The zero-order valence-corrected chi connectivity index (χ0v) is 10.5. The van der Waals surface area contributed by atoms with Gasteiger partial charge < -0.3 is 14.8 Å². The number of alkyl halides is 3. The number of ether oxygens (including phenoxy) is 2. The summed E-state index contributed by atoms with van der Waals surface area (Å²) in [4.78, 5) is 0. The fraction of sp³-hybridized carbons (Fsp3) is 0.538. The summed E-state index contributed by atoms with van der Waals surface area (Å²) in [5.74, 6) is 0.226. The van der Waals surface area contributed by atoms with Crippen molar-refractivity contribution in [3.8, 4) is 5.75 Å². The van der Waals surface area contributed by atoms with Crippen molar-refractivity contribution in [1.82, 2.24) is 5.32 Å². The van der Waals surface area contributed by atoms with Crippen LogP contribution in [-0.2, 0) is 10.9 Å². The van der Waals surface area contributed by atoms with Crippen LogP contribution < -0.4 is 10.1 Å². The molecule has 1 heterocycles. The van der Waals surface area contributed by atoms with E-state index in [9.17, 15) is 13.2 Å². The van der Waals surface area contributed by atoms with Gasteiger partial charge in [-0.15, -0.1) is 0 Å². The van der Waals surface area contributed by atoms with E-state index in [0.717, 1.165) is 18.7 Å². The Kier molecular flexibility index (Phi) is 4.31. The fourth-order valence-electron chi connectivity index (χ4n) is 2.10. The number of nitrogens with one attached hydrogen (secondary N) is 1. The lowest BCUT2D eigenvalue weighted by Gasteiger charge is -2.31. The molecular formula is C13H16F3NO2. The largest absolute Gasteiger partial charge is 0.488 e. The van der Waals surface area contributed by atoms with Gasteiger partial charge in [-0.25, -0.2) is 0 Å². The van der Waals surface area contributed by atoms with Gasteiger partial charge in [0, 0.05) is 13.7 Å². The van der Waals surface area contributed by atoms with E-state index in [1.54, 1.807) is 7.11 Å². The molecule has 1 aromatic carbocycles. The average molecular weight is 275 g/mol. The molecule has 2 rings (SSSR count). The quantitative estimate of drug-likeness (QED) is 0.919. The molecule has 0 aliphatic carbocycles. The zero-order valence-electron chi connectivity index (χ0n) is 10.5. The van der Waals surface area contributed by atoms with Gasteiger partial charge in [-0.3, -0.25) is 0 Å². The Labute approximate surface area is 109 Å². The van der Waals surface area contributed by atoms with Gasteiger partial charge in [0.2, 0.25) is 0 Å². The van der Waals surface area contributed by atoms with Gasteiger partial charge in [0.05, 0.1) is 5.56 Å². The third-order valence-electron chi connectivity index (χ3n) is 3.12. The topological polar surface area (TPSA) is 30.5 Å². The maximum atomic E-state index is 12.6. The molecule has 6 heteroatoms. The van der Waals surface area contributed by atoms with Crippen LogP contribution in [0.4, 0.5) is 13.2 Å². The summed E-state index contributed by atoms with van der Waals surface area (Å²) in [6.07, 6.45) is -4.03. The van der Waals surface area contributed by atoms with E-state index in [0.29, 0.717) is 13.0 Å². The molecule has 1 aliphatic heterocycles. The number of hydrogen-bond acceptors (Lipinski definition) is 3. The Bertz CT molecular complexity index is 423. The molecule has 1 N–H and O–H groups in total. The third kappa shape index (κ3) is 3.61. The number of rotatable bonds is 3. The van der Waals surface area contributed by atoms with E-state index in [2.05, 4.69) is 5.32 Å². The molecule has 3 nitrogen and oxygen atoms in total. The average Bonchev–Trinajstić information content (AvgIpc) is 2.39. The van der Waals surface area contributed by atoms with Crippen LogP contribution in [0.2, 0.25) is 0 Å². The summed E-state index contributed by atoms with van der Waals surface area (Å²) >= 11 is 0. The zero-order chi connectivity index (χ0) is 13.9. The first kappa shape index (κ1) is 14.1. The summed E-state index contributed by atoms with van der Waals surface area (Å²) < 4.78 is 48.7. The first-order valence-electron chi connectivity index (χ1n) is 6.08. The molecule has 2 atom stereocenters. The molecule has 0 radical (unpaired) electrons. The first-order valence-corrected chi connectivity index (χ1v) is 6.08. The maximum Gasteiger partial charge on any atom is 0.416 e. The maximum absolute atomic E-state index is 12.6. The van der Waals surface area contributed by atoms with Crippen molar-refractivity contribution in [3.63, 3.8) is 0 Å². The summed E-state index contributed by atoms with van der Waals surface area (Å²) in [6.45, 7) is 1.41. The van der Waals surface area contributed by atoms with E-state index >= 15 is 0 Å². The standard InChI is InChI=1S/C13H16F3NO2/c1-18-12-8-17-6-5-11(12)19-10-4-2-3-9(7-10)13(14,15)16/h2-4,7,11-12,17H,5-6,8H2,1H3/t11-,12-/m1/s1. The molecule has 1 aromatic rings. The molecule has 1 aliphatic rings. The molecular weight excluding hydrogens is 259 g/mol. The van der Waals surface area contributed by atoms with E-state index in [-0.39, 0.29) is 18.0 Å². The molecule has 106 valence electrons. The van der Waals surface area contributed by atoms with Crippen molar-refractivity contribution in [1.29, 1.82) is 0 Å². The molecule has 1 saturated heterocycles. The lowest BCUT2D eigenvalue weighted by atomic mass is 10.1. The van der Waals surface area contributed by atoms with E-state index < -0.39 is 11.7 Å². The lowest BCUT2D eigenvalue weighted by molar-refractivity contribution is -0.137. The first-order chi connectivity index (χ1) is 9.00. The Morgan fingerprint density at radius 1 is 1.26 bits per heavy atom. The van der Waals surface area contributed by atoms with Crippen molar-refractivity contribution >= 4 is 0 Å². The Morgan fingerprint density at radius 2 is 2.05 bits per heavy atom. The Hall–Kier alpha value is -1.27. The van der Waals surface area contributed by atoms with Gasteiger partial charge in [0.1, 0.15) is 18.0 Å². The minimum Gasteiger partial charge on any atom is -0.488 e. The summed E-state index contributed by atoms with van der Waals surface area (Å²) in [6, 6.07) is 4.93. The second kappa shape index (κ2) is 5.79. The van der Waals surface area contributed by atoms with Crippen LogP contribution >= 0.6 is 0 Å². The number of methoxy groups -OCH3 is 1. The predicted octanol–water partition coefficient (Wildman–Crippen LogP) is 2.46. The highest BCUT2D eigenvalue weighted by molar-refractivity contribution is 5.30. The van der Waals surface area contributed by atoms with E-state index in [1.807, 2.05) is 0 Å². The number of hydrogen-bond donors (Lipinski definition) is 1. The highest BCUT2D eigenvalue weighted by Crippen LogP contribution is 2.31. The van der Waals surface area contributed by atoms with Crippen molar-refractivity contribution in [2.75, 3.05) is 20.2 Å². The van der Waals surface area contributed by atoms with Crippen molar-refractivity contribution < 1.29 is 22.6 Å². The monoisotopic (exact) mass is 275 g/mol.